The van der Waals surface area contributed by atoms with Crippen LogP contribution in [0.3, 0.4) is 0 Å². The fourth-order valence-corrected chi connectivity index (χ4v) is 3.18. The largest absolute Gasteiger partial charge is 0.467 e. The first-order chi connectivity index (χ1) is 11.5. The number of hydrogen-bond donors (Lipinski definition) is 0. The summed E-state index contributed by atoms with van der Waals surface area (Å²) < 4.78 is 11.1. The molecular weight excluding hydrogens is 332 g/mol. The highest BCUT2D eigenvalue weighted by Crippen LogP contribution is 2.23. The van der Waals surface area contributed by atoms with Gasteiger partial charge in [-0.3, -0.25) is 9.36 Å². The van der Waals surface area contributed by atoms with E-state index in [0.717, 1.165) is 12.8 Å². The van der Waals surface area contributed by atoms with Crippen molar-refractivity contribution < 1.29 is 19.1 Å². The highest BCUT2D eigenvalue weighted by molar-refractivity contribution is 7.17. The molecule has 0 fully saturated rings. The summed E-state index contributed by atoms with van der Waals surface area (Å²) in [7, 11) is 1.27. The Bertz CT molecular complexity index is 795. The molecule has 8 heteroatoms. The minimum Gasteiger partial charge on any atom is -0.467 e. The minimum atomic E-state index is -0.775. The minimum absolute atomic E-state index is 0.186. The highest BCUT2D eigenvalue weighted by Gasteiger charge is 2.24. The van der Waals surface area contributed by atoms with Crippen molar-refractivity contribution in [3.63, 3.8) is 0 Å². The summed E-state index contributed by atoms with van der Waals surface area (Å²) in [6.45, 7) is 4.07. The van der Waals surface area contributed by atoms with Gasteiger partial charge in [0.05, 0.1) is 31.0 Å². The van der Waals surface area contributed by atoms with Gasteiger partial charge in [-0.1, -0.05) is 20.3 Å². The Morgan fingerprint density at radius 2 is 2.12 bits per heavy atom. The van der Waals surface area contributed by atoms with E-state index in [4.69, 9.17) is 9.47 Å². The number of carbonyl (C=O) groups excluding carboxylic acids is 2. The lowest BCUT2D eigenvalue weighted by Gasteiger charge is -2.15. The molecule has 0 saturated carbocycles. The molecule has 0 bridgehead atoms. The van der Waals surface area contributed by atoms with Crippen LogP contribution in [0.4, 0.5) is 0 Å². The fraction of sp³-hybridized carbons (Fsp3) is 0.500. The molecule has 1 unspecified atom stereocenters. The molecule has 7 nitrogen and oxygen atoms in total. The molecular formula is C16H20N2O5S. The first kappa shape index (κ1) is 18.1. The van der Waals surface area contributed by atoms with Gasteiger partial charge in [0, 0.05) is 5.38 Å². The summed E-state index contributed by atoms with van der Waals surface area (Å²) >= 11 is 1.20. The summed E-state index contributed by atoms with van der Waals surface area (Å²) in [5.74, 6) is -1.07. The third-order valence-corrected chi connectivity index (χ3v) is 4.55. The lowest BCUT2D eigenvalue weighted by atomic mass is 10.2. The number of nitrogens with zero attached hydrogens (tertiary/aromatic N) is 2. The van der Waals surface area contributed by atoms with E-state index >= 15 is 0 Å². The van der Waals surface area contributed by atoms with Crippen LogP contribution in [0.25, 0.3) is 10.2 Å². The van der Waals surface area contributed by atoms with E-state index in [9.17, 15) is 14.4 Å². The molecule has 2 aromatic heterocycles. The van der Waals surface area contributed by atoms with E-state index in [1.165, 1.54) is 29.3 Å². The van der Waals surface area contributed by atoms with Gasteiger partial charge in [-0.15, -0.1) is 11.3 Å². The summed E-state index contributed by atoms with van der Waals surface area (Å²) in [4.78, 5) is 41.5. The smallest absolute Gasteiger partial charge is 0.339 e. The van der Waals surface area contributed by atoms with Crippen molar-refractivity contribution in [1.82, 2.24) is 9.55 Å². The normalized spacial score (nSPS) is 12.1. The summed E-state index contributed by atoms with van der Waals surface area (Å²) in [6, 6.07) is -0.775. The van der Waals surface area contributed by atoms with Crippen LogP contribution in [-0.2, 0) is 14.3 Å². The number of thiophene rings is 1. The number of ether oxygens (including phenoxy) is 2. The number of aromatic nitrogens is 2. The van der Waals surface area contributed by atoms with Crippen LogP contribution in [0.1, 0.15) is 49.5 Å². The van der Waals surface area contributed by atoms with E-state index in [-0.39, 0.29) is 10.9 Å². The van der Waals surface area contributed by atoms with Crippen LogP contribution in [0.2, 0.25) is 0 Å². The van der Waals surface area contributed by atoms with Crippen LogP contribution in [-0.4, -0.2) is 35.2 Å². The Kier molecular flexibility index (Phi) is 6.08. The molecule has 0 aliphatic carbocycles. The third-order valence-electron chi connectivity index (χ3n) is 3.67. The molecule has 0 aliphatic heterocycles. The molecule has 1 atom stereocenters. The van der Waals surface area contributed by atoms with Gasteiger partial charge in [-0.25, -0.2) is 14.6 Å². The lowest BCUT2D eigenvalue weighted by molar-refractivity contribution is -0.144. The van der Waals surface area contributed by atoms with Gasteiger partial charge in [0.2, 0.25) is 0 Å². The van der Waals surface area contributed by atoms with Crippen LogP contribution in [0.5, 0.6) is 0 Å². The number of carbonyl (C=O) groups is 2. The van der Waals surface area contributed by atoms with Gasteiger partial charge in [0.1, 0.15) is 10.9 Å². The quantitative estimate of drug-likeness (QED) is 0.562. The molecule has 24 heavy (non-hydrogen) atoms. The first-order valence-electron chi connectivity index (χ1n) is 7.78. The molecule has 130 valence electrons. The Morgan fingerprint density at radius 3 is 2.75 bits per heavy atom. The molecule has 0 aliphatic rings. The maximum atomic E-state index is 12.8. The van der Waals surface area contributed by atoms with Crippen molar-refractivity contribution >= 4 is 33.5 Å². The van der Waals surface area contributed by atoms with Crippen molar-refractivity contribution in [2.75, 3.05) is 13.7 Å². The Balaban J connectivity index is 2.46. The van der Waals surface area contributed by atoms with E-state index in [1.807, 2.05) is 6.92 Å². The predicted molar refractivity (Wildman–Crippen MR) is 90.4 cm³/mol. The van der Waals surface area contributed by atoms with Crippen LogP contribution >= 0.6 is 11.3 Å². The second-order valence-corrected chi connectivity index (χ2v) is 6.08. The van der Waals surface area contributed by atoms with Crippen molar-refractivity contribution in [2.24, 2.45) is 0 Å². The average Bonchev–Trinajstić information content (AvgIpc) is 3.02. The van der Waals surface area contributed by atoms with E-state index in [0.29, 0.717) is 17.9 Å². The number of unbranched alkanes of at least 4 members (excludes halogenated alkanes) is 1. The second kappa shape index (κ2) is 8.05. The van der Waals surface area contributed by atoms with Crippen molar-refractivity contribution in [1.29, 1.82) is 0 Å². The monoisotopic (exact) mass is 352 g/mol. The predicted octanol–water partition coefficient (Wildman–Crippen LogP) is 2.54. The summed E-state index contributed by atoms with van der Waals surface area (Å²) in [5, 5.41) is 1.75. The van der Waals surface area contributed by atoms with E-state index in [1.54, 1.807) is 12.3 Å². The molecule has 2 rings (SSSR count). The number of esters is 2. The molecule has 0 N–H and O–H groups in total. The second-order valence-electron chi connectivity index (χ2n) is 5.22. The molecule has 0 radical (unpaired) electrons. The molecule has 2 aromatic rings. The zero-order chi connectivity index (χ0) is 17.7. The van der Waals surface area contributed by atoms with Crippen molar-refractivity contribution in [2.45, 2.75) is 39.2 Å². The van der Waals surface area contributed by atoms with Crippen molar-refractivity contribution in [3.05, 3.63) is 27.6 Å². The topological polar surface area (TPSA) is 87.5 Å². The zero-order valence-electron chi connectivity index (χ0n) is 13.9. The number of rotatable bonds is 7. The molecule has 0 aromatic carbocycles. The van der Waals surface area contributed by atoms with E-state index in [2.05, 4.69) is 4.98 Å². The van der Waals surface area contributed by atoms with E-state index < -0.39 is 23.5 Å². The van der Waals surface area contributed by atoms with Gasteiger partial charge in [-0.2, -0.15) is 0 Å². The van der Waals surface area contributed by atoms with Gasteiger partial charge in [-0.05, 0) is 12.8 Å². The summed E-state index contributed by atoms with van der Waals surface area (Å²) in [6.07, 6.45) is 3.36. The molecule has 2 heterocycles. The Labute approximate surface area is 143 Å². The summed E-state index contributed by atoms with van der Waals surface area (Å²) in [5.41, 5.74) is -0.251. The number of methoxy groups -OCH3 is 1. The van der Waals surface area contributed by atoms with Crippen molar-refractivity contribution in [3.8, 4) is 0 Å². The van der Waals surface area contributed by atoms with Crippen LogP contribution in [0.15, 0.2) is 16.5 Å². The Morgan fingerprint density at radius 1 is 1.38 bits per heavy atom. The van der Waals surface area contributed by atoms with Gasteiger partial charge in [0.15, 0.2) is 0 Å². The lowest BCUT2D eigenvalue weighted by Crippen LogP contribution is -2.31. The third kappa shape index (κ3) is 3.48. The van der Waals surface area contributed by atoms with Crippen LogP contribution < -0.4 is 5.56 Å². The Hall–Kier alpha value is -2.22. The number of hydrogen-bond acceptors (Lipinski definition) is 7. The molecule has 0 spiro atoms. The SMILES string of the molecule is CCCCOC(=O)c1csc2ncn(C(CC)C(=O)OC)c(=O)c12. The number of fused-ring (bicyclic) bond motifs is 1. The molecule has 0 saturated heterocycles. The first-order valence-corrected chi connectivity index (χ1v) is 8.66. The molecule has 0 amide bonds. The fourth-order valence-electron chi connectivity index (χ4n) is 2.32. The van der Waals surface area contributed by atoms with Gasteiger partial charge in [0.25, 0.3) is 5.56 Å². The highest BCUT2D eigenvalue weighted by atomic mass is 32.1. The van der Waals surface area contributed by atoms with Gasteiger partial charge < -0.3 is 9.47 Å². The zero-order valence-corrected chi connectivity index (χ0v) is 14.7. The standard InChI is InChI=1S/C16H20N2O5S/c1-4-6-7-23-15(20)10-8-24-13-12(10)14(19)18(9-17-13)11(5-2)16(21)22-3/h8-9,11H,4-7H2,1-3H3. The average molecular weight is 352 g/mol. The maximum Gasteiger partial charge on any atom is 0.339 e. The van der Waals surface area contributed by atoms with Gasteiger partial charge >= 0.3 is 11.9 Å². The van der Waals surface area contributed by atoms with Crippen LogP contribution in [0, 0.1) is 0 Å². The maximum absolute atomic E-state index is 12.8.